The van der Waals surface area contributed by atoms with Gasteiger partial charge in [0.25, 0.3) is 5.91 Å². The highest BCUT2D eigenvalue weighted by Gasteiger charge is 2.30. The lowest BCUT2D eigenvalue weighted by Crippen LogP contribution is -2.35. The van der Waals surface area contributed by atoms with Crippen molar-refractivity contribution in [2.75, 3.05) is 5.32 Å². The first kappa shape index (κ1) is 15.7. The Morgan fingerprint density at radius 2 is 2.09 bits per heavy atom. The third-order valence-corrected chi connectivity index (χ3v) is 3.39. The van der Waals surface area contributed by atoms with Gasteiger partial charge < -0.3 is 10.4 Å². The van der Waals surface area contributed by atoms with Crippen LogP contribution in [0.5, 0.6) is 0 Å². The van der Waals surface area contributed by atoms with Crippen LogP contribution in [0.15, 0.2) is 18.5 Å². The number of H-pyrrole nitrogens is 1. The molecule has 0 aliphatic heterocycles. The van der Waals surface area contributed by atoms with Crippen molar-refractivity contribution in [2.45, 2.75) is 39.2 Å². The van der Waals surface area contributed by atoms with Crippen molar-refractivity contribution in [2.24, 2.45) is 0 Å². The van der Waals surface area contributed by atoms with Crippen LogP contribution in [0.25, 0.3) is 0 Å². The Labute approximate surface area is 127 Å². The minimum atomic E-state index is -1.19. The Morgan fingerprint density at radius 1 is 1.41 bits per heavy atom. The zero-order chi connectivity index (χ0) is 16.5. The molecular weight excluding hydrogens is 286 g/mol. The topological polar surface area (TPSA) is 113 Å². The monoisotopic (exact) mass is 305 g/mol. The van der Waals surface area contributed by atoms with E-state index in [4.69, 9.17) is 5.11 Å². The molecule has 2 aromatic heterocycles. The largest absolute Gasteiger partial charge is 0.479 e. The summed E-state index contributed by atoms with van der Waals surface area (Å²) >= 11 is 0. The lowest BCUT2D eigenvalue weighted by Gasteiger charge is -2.19. The second-order valence-corrected chi connectivity index (χ2v) is 5.86. The Hall–Kier alpha value is -2.64. The van der Waals surface area contributed by atoms with Crippen LogP contribution in [0.1, 0.15) is 49.8 Å². The van der Waals surface area contributed by atoms with Crippen LogP contribution >= 0.6 is 0 Å². The average Bonchev–Trinajstić information content (AvgIpc) is 3.07. The van der Waals surface area contributed by atoms with Gasteiger partial charge in [0.2, 0.25) is 0 Å². The van der Waals surface area contributed by atoms with Crippen LogP contribution in [-0.2, 0) is 10.3 Å². The standard InChI is InChI=1S/C14H19N5O3/c1-8(2)10-5-11(18-17-10)12(20)16-9-6-15-19(7-9)14(3,4)13(21)22/h5-8H,1-4H3,(H,16,20)(H,17,18)(H,21,22). The molecule has 2 aromatic rings. The molecule has 118 valence electrons. The summed E-state index contributed by atoms with van der Waals surface area (Å²) in [6.45, 7) is 7.04. The van der Waals surface area contributed by atoms with Crippen LogP contribution in [0.2, 0.25) is 0 Å². The maximum absolute atomic E-state index is 12.1. The number of carbonyl (C=O) groups is 2. The van der Waals surface area contributed by atoms with Crippen LogP contribution < -0.4 is 5.32 Å². The highest BCUT2D eigenvalue weighted by molar-refractivity contribution is 6.02. The molecule has 0 fully saturated rings. The van der Waals surface area contributed by atoms with Crippen molar-refractivity contribution < 1.29 is 14.7 Å². The van der Waals surface area contributed by atoms with Crippen molar-refractivity contribution in [3.63, 3.8) is 0 Å². The fraction of sp³-hybridized carbons (Fsp3) is 0.429. The van der Waals surface area contributed by atoms with E-state index in [2.05, 4.69) is 20.6 Å². The SMILES string of the molecule is CC(C)c1cc(C(=O)Nc2cnn(C(C)(C)C(=O)O)c2)n[nH]1. The molecule has 8 nitrogen and oxygen atoms in total. The van der Waals surface area contributed by atoms with Gasteiger partial charge in [0.1, 0.15) is 0 Å². The van der Waals surface area contributed by atoms with Gasteiger partial charge in [-0.15, -0.1) is 0 Å². The minimum Gasteiger partial charge on any atom is -0.479 e. The van der Waals surface area contributed by atoms with Crippen molar-refractivity contribution >= 4 is 17.6 Å². The minimum absolute atomic E-state index is 0.244. The molecule has 8 heteroatoms. The molecule has 22 heavy (non-hydrogen) atoms. The van der Waals surface area contributed by atoms with Gasteiger partial charge in [0.05, 0.1) is 11.9 Å². The van der Waals surface area contributed by atoms with Crippen molar-refractivity contribution in [3.8, 4) is 0 Å². The van der Waals surface area contributed by atoms with E-state index in [-0.39, 0.29) is 17.5 Å². The highest BCUT2D eigenvalue weighted by atomic mass is 16.4. The number of hydrogen-bond acceptors (Lipinski definition) is 4. The van der Waals surface area contributed by atoms with E-state index in [0.717, 1.165) is 5.69 Å². The van der Waals surface area contributed by atoms with E-state index in [1.54, 1.807) is 6.07 Å². The molecular formula is C14H19N5O3. The van der Waals surface area contributed by atoms with E-state index < -0.39 is 11.5 Å². The van der Waals surface area contributed by atoms with Crippen molar-refractivity contribution in [1.82, 2.24) is 20.0 Å². The van der Waals surface area contributed by atoms with Gasteiger partial charge in [-0.1, -0.05) is 13.8 Å². The number of carbonyl (C=O) groups excluding carboxylic acids is 1. The molecule has 1 amide bonds. The van der Waals surface area contributed by atoms with E-state index in [1.165, 1.54) is 30.9 Å². The second kappa shape index (κ2) is 5.63. The molecule has 0 spiro atoms. The summed E-state index contributed by atoms with van der Waals surface area (Å²) in [5.74, 6) is -1.15. The third-order valence-electron chi connectivity index (χ3n) is 3.39. The highest BCUT2D eigenvalue weighted by Crippen LogP contribution is 2.18. The first-order valence-corrected chi connectivity index (χ1v) is 6.87. The third kappa shape index (κ3) is 3.00. The molecule has 0 atom stereocenters. The maximum Gasteiger partial charge on any atom is 0.331 e. The molecule has 0 aliphatic carbocycles. The first-order valence-electron chi connectivity index (χ1n) is 6.87. The molecule has 0 saturated heterocycles. The van der Waals surface area contributed by atoms with Gasteiger partial charge in [0, 0.05) is 11.9 Å². The molecule has 0 radical (unpaired) electrons. The van der Waals surface area contributed by atoms with Gasteiger partial charge in [-0.3, -0.25) is 14.6 Å². The number of hydrogen-bond donors (Lipinski definition) is 3. The number of aliphatic carboxylic acids is 1. The smallest absolute Gasteiger partial charge is 0.331 e. The lowest BCUT2D eigenvalue weighted by atomic mass is 10.1. The number of anilines is 1. The Kier molecular flexibility index (Phi) is 4.03. The Morgan fingerprint density at radius 3 is 2.64 bits per heavy atom. The predicted octanol–water partition coefficient (Wildman–Crippen LogP) is 1.80. The summed E-state index contributed by atoms with van der Waals surface area (Å²) in [4.78, 5) is 23.3. The normalized spacial score (nSPS) is 11.7. The molecule has 3 N–H and O–H groups in total. The fourth-order valence-corrected chi connectivity index (χ4v) is 1.73. The maximum atomic E-state index is 12.1. The van der Waals surface area contributed by atoms with Crippen LogP contribution in [0.4, 0.5) is 5.69 Å². The Balaban J connectivity index is 2.12. The van der Waals surface area contributed by atoms with E-state index in [1.807, 2.05) is 13.8 Å². The van der Waals surface area contributed by atoms with Crippen molar-refractivity contribution in [3.05, 3.63) is 29.8 Å². The summed E-state index contributed by atoms with van der Waals surface area (Å²) < 4.78 is 1.29. The molecule has 2 rings (SSSR count). The molecule has 0 unspecified atom stereocenters. The first-order chi connectivity index (χ1) is 10.2. The summed E-state index contributed by atoms with van der Waals surface area (Å²) in [6.07, 6.45) is 2.88. The van der Waals surface area contributed by atoms with Gasteiger partial charge >= 0.3 is 5.97 Å². The zero-order valence-corrected chi connectivity index (χ0v) is 12.9. The number of carboxylic acid groups (broad SMARTS) is 1. The number of nitrogens with one attached hydrogen (secondary N) is 2. The summed E-state index contributed by atoms with van der Waals surface area (Å²) in [7, 11) is 0. The van der Waals surface area contributed by atoms with Gasteiger partial charge in [0.15, 0.2) is 11.2 Å². The number of nitrogens with zero attached hydrogens (tertiary/aromatic N) is 3. The van der Waals surface area contributed by atoms with Crippen LogP contribution in [0, 0.1) is 0 Å². The number of amides is 1. The molecule has 2 heterocycles. The van der Waals surface area contributed by atoms with Gasteiger partial charge in [-0.2, -0.15) is 10.2 Å². The molecule has 0 bridgehead atoms. The number of carboxylic acids is 1. The van der Waals surface area contributed by atoms with Gasteiger partial charge in [-0.05, 0) is 25.8 Å². The summed E-state index contributed by atoms with van der Waals surface area (Å²) in [5.41, 5.74) is 0.357. The Bertz CT molecular complexity index is 699. The average molecular weight is 305 g/mol. The second-order valence-electron chi connectivity index (χ2n) is 5.86. The zero-order valence-electron chi connectivity index (χ0n) is 12.9. The van der Waals surface area contributed by atoms with E-state index in [9.17, 15) is 9.59 Å². The quantitative estimate of drug-likeness (QED) is 0.779. The molecule has 0 aliphatic rings. The molecule has 0 aromatic carbocycles. The summed E-state index contributed by atoms with van der Waals surface area (Å²) in [5, 5.41) is 22.5. The van der Waals surface area contributed by atoms with Crippen molar-refractivity contribution in [1.29, 1.82) is 0 Å². The number of rotatable bonds is 5. The van der Waals surface area contributed by atoms with Gasteiger partial charge in [-0.25, -0.2) is 4.79 Å². The van der Waals surface area contributed by atoms with Crippen LogP contribution in [-0.4, -0.2) is 37.0 Å². The fourth-order valence-electron chi connectivity index (χ4n) is 1.73. The van der Waals surface area contributed by atoms with E-state index in [0.29, 0.717) is 5.69 Å². The molecule has 0 saturated carbocycles. The number of aromatic amines is 1. The van der Waals surface area contributed by atoms with E-state index >= 15 is 0 Å². The lowest BCUT2D eigenvalue weighted by molar-refractivity contribution is -0.146. The van der Waals surface area contributed by atoms with Crippen LogP contribution in [0.3, 0.4) is 0 Å². The number of aromatic nitrogens is 4. The predicted molar refractivity (Wildman–Crippen MR) is 79.8 cm³/mol. The summed E-state index contributed by atoms with van der Waals surface area (Å²) in [6, 6.07) is 1.69.